The molecule has 106 valence electrons. The molecule has 1 N–H and O–H groups in total. The highest BCUT2D eigenvalue weighted by Gasteiger charge is 2.27. The fraction of sp³-hybridized carbons (Fsp3) is 0.462. The van der Waals surface area contributed by atoms with Gasteiger partial charge in [-0.05, 0) is 24.1 Å². The van der Waals surface area contributed by atoms with E-state index in [-0.39, 0.29) is 5.56 Å². The second kappa shape index (κ2) is 6.45. The summed E-state index contributed by atoms with van der Waals surface area (Å²) in [5.74, 6) is -0.401. The summed E-state index contributed by atoms with van der Waals surface area (Å²) in [6, 6.07) is 5.32. The maximum Gasteiger partial charge on any atom is 0.393 e. The first kappa shape index (κ1) is 15.3. The van der Waals surface area contributed by atoms with E-state index in [0.717, 1.165) is 0 Å². The molecule has 0 aliphatic carbocycles. The molecule has 1 rings (SSSR count). The van der Waals surface area contributed by atoms with E-state index in [4.69, 9.17) is 0 Å². The molecule has 0 saturated carbocycles. The molecule has 0 fully saturated rings. The molecular formula is C13H16F3NO2. The number of alkyl halides is 3. The minimum absolute atomic E-state index is 0.184. The standard InChI is InChI=1S/C13H16F3NO2/c1-3-11(12(18)19-2)17-10-6-4-9(5-7-10)8-13(14,15)16/h4-7,11,17H,3,8H2,1-2H3. The SMILES string of the molecule is CCC(Nc1ccc(CC(F)(F)F)cc1)C(=O)OC. The number of anilines is 1. The molecule has 0 spiro atoms. The molecule has 6 heteroatoms. The number of benzene rings is 1. The van der Waals surface area contributed by atoms with Crippen LogP contribution >= 0.6 is 0 Å². The Morgan fingerprint density at radius 1 is 1.32 bits per heavy atom. The molecule has 0 heterocycles. The fourth-order valence-corrected chi connectivity index (χ4v) is 1.62. The maximum atomic E-state index is 12.2. The Balaban J connectivity index is 2.68. The Morgan fingerprint density at radius 3 is 2.32 bits per heavy atom. The van der Waals surface area contributed by atoms with E-state index in [9.17, 15) is 18.0 Å². The number of hydrogen-bond donors (Lipinski definition) is 1. The number of esters is 1. The molecule has 0 amide bonds. The largest absolute Gasteiger partial charge is 0.467 e. The Hall–Kier alpha value is -1.72. The van der Waals surface area contributed by atoms with E-state index in [1.54, 1.807) is 0 Å². The third-order valence-corrected chi connectivity index (χ3v) is 2.59. The highest BCUT2D eigenvalue weighted by molar-refractivity contribution is 5.79. The fourth-order valence-electron chi connectivity index (χ4n) is 1.62. The van der Waals surface area contributed by atoms with Crippen molar-refractivity contribution in [1.82, 2.24) is 0 Å². The molecule has 1 aromatic rings. The van der Waals surface area contributed by atoms with Crippen molar-refractivity contribution in [2.24, 2.45) is 0 Å². The monoisotopic (exact) mass is 275 g/mol. The van der Waals surface area contributed by atoms with Crippen molar-refractivity contribution in [2.45, 2.75) is 32.0 Å². The number of carbonyl (C=O) groups excluding carboxylic acids is 1. The summed E-state index contributed by atoms with van der Waals surface area (Å²) >= 11 is 0. The Labute approximate surface area is 109 Å². The number of methoxy groups -OCH3 is 1. The second-order valence-corrected chi connectivity index (χ2v) is 4.12. The molecule has 0 bridgehead atoms. The smallest absolute Gasteiger partial charge is 0.393 e. The lowest BCUT2D eigenvalue weighted by Crippen LogP contribution is -2.29. The summed E-state index contributed by atoms with van der Waals surface area (Å²) in [4.78, 5) is 11.4. The van der Waals surface area contributed by atoms with Crippen LogP contribution in [-0.2, 0) is 16.0 Å². The zero-order chi connectivity index (χ0) is 14.5. The Kier molecular flexibility index (Phi) is 5.20. The van der Waals surface area contributed by atoms with Gasteiger partial charge < -0.3 is 10.1 Å². The van der Waals surface area contributed by atoms with Gasteiger partial charge in [-0.1, -0.05) is 19.1 Å². The first-order chi connectivity index (χ1) is 8.85. The molecular weight excluding hydrogens is 259 g/mol. The summed E-state index contributed by atoms with van der Waals surface area (Å²) in [7, 11) is 1.29. The number of rotatable bonds is 5. The topological polar surface area (TPSA) is 38.3 Å². The van der Waals surface area contributed by atoms with Crippen LogP contribution in [0.4, 0.5) is 18.9 Å². The number of ether oxygens (including phenoxy) is 1. The molecule has 0 saturated heterocycles. The first-order valence-corrected chi connectivity index (χ1v) is 5.85. The lowest BCUT2D eigenvalue weighted by Gasteiger charge is -2.16. The predicted octanol–water partition coefficient (Wildman–Crippen LogP) is 3.15. The van der Waals surface area contributed by atoms with Gasteiger partial charge in [0.25, 0.3) is 0 Å². The van der Waals surface area contributed by atoms with Gasteiger partial charge in [-0.15, -0.1) is 0 Å². The lowest BCUT2D eigenvalue weighted by atomic mass is 10.1. The number of nitrogens with one attached hydrogen (secondary N) is 1. The van der Waals surface area contributed by atoms with E-state index in [2.05, 4.69) is 10.1 Å². The summed E-state index contributed by atoms with van der Waals surface area (Å²) < 4.78 is 41.2. The van der Waals surface area contributed by atoms with Crippen LogP contribution in [0.25, 0.3) is 0 Å². The lowest BCUT2D eigenvalue weighted by molar-refractivity contribution is -0.141. The third-order valence-electron chi connectivity index (χ3n) is 2.59. The van der Waals surface area contributed by atoms with E-state index in [0.29, 0.717) is 12.1 Å². The quantitative estimate of drug-likeness (QED) is 0.839. The van der Waals surface area contributed by atoms with Crippen LogP contribution in [0.2, 0.25) is 0 Å². The van der Waals surface area contributed by atoms with E-state index in [1.807, 2.05) is 6.92 Å². The zero-order valence-electron chi connectivity index (χ0n) is 10.8. The number of hydrogen-bond acceptors (Lipinski definition) is 3. The summed E-state index contributed by atoms with van der Waals surface area (Å²) in [5, 5.41) is 2.91. The van der Waals surface area contributed by atoms with E-state index < -0.39 is 24.6 Å². The van der Waals surface area contributed by atoms with Crippen molar-refractivity contribution in [1.29, 1.82) is 0 Å². The minimum Gasteiger partial charge on any atom is -0.467 e. The van der Waals surface area contributed by atoms with Crippen LogP contribution in [0.5, 0.6) is 0 Å². The normalized spacial score (nSPS) is 12.9. The van der Waals surface area contributed by atoms with Gasteiger partial charge in [-0.2, -0.15) is 13.2 Å². The van der Waals surface area contributed by atoms with Crippen molar-refractivity contribution < 1.29 is 22.7 Å². The van der Waals surface area contributed by atoms with Gasteiger partial charge in [0.2, 0.25) is 0 Å². The molecule has 0 aliphatic rings. The summed E-state index contributed by atoms with van der Waals surface area (Å²) in [6.45, 7) is 1.81. The van der Waals surface area contributed by atoms with Crippen LogP contribution in [-0.4, -0.2) is 25.3 Å². The number of halogens is 3. The molecule has 1 aromatic carbocycles. The second-order valence-electron chi connectivity index (χ2n) is 4.12. The van der Waals surface area contributed by atoms with Gasteiger partial charge in [0.05, 0.1) is 13.5 Å². The molecule has 0 aromatic heterocycles. The molecule has 0 aliphatic heterocycles. The van der Waals surface area contributed by atoms with Crippen molar-refractivity contribution in [3.05, 3.63) is 29.8 Å². The van der Waals surface area contributed by atoms with Crippen LogP contribution in [0, 0.1) is 0 Å². The average Bonchev–Trinajstić information content (AvgIpc) is 2.35. The Morgan fingerprint density at radius 2 is 1.89 bits per heavy atom. The molecule has 3 nitrogen and oxygen atoms in total. The van der Waals surface area contributed by atoms with Crippen LogP contribution in [0.3, 0.4) is 0 Å². The first-order valence-electron chi connectivity index (χ1n) is 5.85. The van der Waals surface area contributed by atoms with Gasteiger partial charge in [-0.25, -0.2) is 4.79 Å². The van der Waals surface area contributed by atoms with Crippen molar-refractivity contribution in [3.8, 4) is 0 Å². The van der Waals surface area contributed by atoms with Crippen molar-refractivity contribution in [3.63, 3.8) is 0 Å². The molecule has 0 radical (unpaired) electrons. The van der Waals surface area contributed by atoms with Gasteiger partial charge in [0, 0.05) is 5.69 Å². The average molecular weight is 275 g/mol. The zero-order valence-corrected chi connectivity index (χ0v) is 10.8. The van der Waals surface area contributed by atoms with Crippen LogP contribution < -0.4 is 5.32 Å². The minimum atomic E-state index is -4.22. The van der Waals surface area contributed by atoms with Gasteiger partial charge in [0.1, 0.15) is 6.04 Å². The van der Waals surface area contributed by atoms with Crippen molar-refractivity contribution in [2.75, 3.05) is 12.4 Å². The predicted molar refractivity (Wildman–Crippen MR) is 65.9 cm³/mol. The van der Waals surface area contributed by atoms with Crippen LogP contribution in [0.1, 0.15) is 18.9 Å². The molecule has 1 unspecified atom stereocenters. The number of carbonyl (C=O) groups is 1. The van der Waals surface area contributed by atoms with Gasteiger partial charge >= 0.3 is 12.1 Å². The van der Waals surface area contributed by atoms with Gasteiger partial charge in [0.15, 0.2) is 0 Å². The van der Waals surface area contributed by atoms with E-state index >= 15 is 0 Å². The van der Waals surface area contributed by atoms with E-state index in [1.165, 1.54) is 31.4 Å². The van der Waals surface area contributed by atoms with Gasteiger partial charge in [-0.3, -0.25) is 0 Å². The highest BCUT2D eigenvalue weighted by atomic mass is 19.4. The Bertz CT molecular complexity index is 415. The molecule has 1 atom stereocenters. The summed E-state index contributed by atoms with van der Waals surface area (Å²) in [6.07, 6.45) is -4.65. The highest BCUT2D eigenvalue weighted by Crippen LogP contribution is 2.22. The van der Waals surface area contributed by atoms with Crippen molar-refractivity contribution >= 4 is 11.7 Å². The summed E-state index contributed by atoms with van der Waals surface area (Å²) in [5.41, 5.74) is 0.771. The molecule has 19 heavy (non-hydrogen) atoms. The third kappa shape index (κ3) is 5.19. The maximum absolute atomic E-state index is 12.2. The van der Waals surface area contributed by atoms with Crippen LogP contribution in [0.15, 0.2) is 24.3 Å².